The third kappa shape index (κ3) is 50.0. The van der Waals surface area contributed by atoms with Crippen molar-refractivity contribution in [2.24, 2.45) is 5.92 Å². The monoisotopic (exact) mass is 1050 g/mol. The molecule has 0 aromatic heterocycles. The van der Waals surface area contributed by atoms with E-state index in [2.05, 4.69) is 187 Å². The highest BCUT2D eigenvalue weighted by Crippen LogP contribution is 2.26. The summed E-state index contributed by atoms with van der Waals surface area (Å²) in [6.45, 7) is 33.8. The summed E-state index contributed by atoms with van der Waals surface area (Å²) >= 11 is 0. The molecule has 0 spiro atoms. The molecule has 5 heteroatoms. The molecule has 0 heterocycles. The maximum atomic E-state index is 10.6. The molecule has 0 aliphatic rings. The minimum absolute atomic E-state index is 0.0192. The van der Waals surface area contributed by atoms with E-state index in [0.717, 1.165) is 141 Å². The van der Waals surface area contributed by atoms with Crippen LogP contribution in [0.15, 0.2) is 151 Å². The molecule has 0 rings (SSSR count). The Balaban J connectivity index is 4.30. The van der Waals surface area contributed by atoms with Crippen molar-refractivity contribution in [1.29, 1.82) is 0 Å². The lowest BCUT2D eigenvalue weighted by molar-refractivity contribution is -0.341. The van der Waals surface area contributed by atoms with Gasteiger partial charge < -0.3 is 18.9 Å². The van der Waals surface area contributed by atoms with E-state index < -0.39 is 7.82 Å². The minimum atomic E-state index is -4.86. The largest absolute Gasteiger partial charge is 0.790 e. The molecule has 1 atom stereocenters. The van der Waals surface area contributed by atoms with Crippen molar-refractivity contribution in [1.82, 2.24) is 0 Å². The van der Waals surface area contributed by atoms with Crippen molar-refractivity contribution in [3.63, 3.8) is 0 Å². The van der Waals surface area contributed by atoms with Crippen molar-refractivity contribution < 1.29 is 18.9 Å². The third-order valence-electron chi connectivity index (χ3n) is 14.4. The van der Waals surface area contributed by atoms with Crippen LogP contribution in [0.2, 0.25) is 0 Å². The van der Waals surface area contributed by atoms with Gasteiger partial charge in [0.2, 0.25) is 0 Å². The first-order valence-corrected chi connectivity index (χ1v) is 31.2. The second kappa shape index (κ2) is 45.7. The normalized spacial score (nSPS) is 15.4. The summed E-state index contributed by atoms with van der Waals surface area (Å²) in [6.07, 6.45) is 61.4. The smallest absolute Gasteiger partial charge is 0.0596 e. The topological polar surface area (TPSA) is 72.4 Å². The van der Waals surface area contributed by atoms with E-state index in [9.17, 15) is 14.4 Å². The number of allylic oxidation sites excluding steroid dienone is 26. The van der Waals surface area contributed by atoms with Gasteiger partial charge in [0.25, 0.3) is 0 Å². The Morgan fingerprint density at radius 2 is 0.480 bits per heavy atom. The van der Waals surface area contributed by atoms with Crippen molar-refractivity contribution in [2.45, 2.75) is 277 Å². The summed E-state index contributed by atoms with van der Waals surface area (Å²) in [5.41, 5.74) is 19.4. The van der Waals surface area contributed by atoms with Gasteiger partial charge in [-0.05, 0) is 276 Å². The van der Waals surface area contributed by atoms with E-state index >= 15 is 0 Å². The molecular formula is C70H115O4P-2. The van der Waals surface area contributed by atoms with E-state index in [0.29, 0.717) is 12.3 Å². The second-order valence-corrected chi connectivity index (χ2v) is 24.3. The van der Waals surface area contributed by atoms with Crippen LogP contribution in [-0.4, -0.2) is 6.61 Å². The number of hydrogen-bond acceptors (Lipinski definition) is 4. The van der Waals surface area contributed by atoms with Crippen LogP contribution >= 0.6 is 7.82 Å². The van der Waals surface area contributed by atoms with Crippen LogP contribution in [0.25, 0.3) is 0 Å². The molecule has 0 aliphatic carbocycles. The fraction of sp³-hybridized carbons (Fsp3) is 0.629. The average molecular weight is 1050 g/mol. The number of phosphoric ester groups is 1. The van der Waals surface area contributed by atoms with Gasteiger partial charge in [-0.25, -0.2) is 0 Å². The van der Waals surface area contributed by atoms with Crippen molar-refractivity contribution >= 4 is 7.82 Å². The van der Waals surface area contributed by atoms with Gasteiger partial charge in [-0.15, -0.1) is 0 Å². The second-order valence-electron chi connectivity index (χ2n) is 23.1. The molecule has 0 aromatic rings. The van der Waals surface area contributed by atoms with Gasteiger partial charge in [0.1, 0.15) is 0 Å². The fourth-order valence-corrected chi connectivity index (χ4v) is 9.28. The first-order chi connectivity index (χ1) is 35.5. The van der Waals surface area contributed by atoms with Crippen LogP contribution in [0, 0.1) is 5.92 Å². The zero-order chi connectivity index (χ0) is 56.3. The third-order valence-corrected chi connectivity index (χ3v) is 14.9. The molecule has 0 radical (unpaired) electrons. The molecule has 0 aromatic carbocycles. The molecule has 1 unspecified atom stereocenters. The van der Waals surface area contributed by atoms with Gasteiger partial charge in [-0.3, -0.25) is 0 Å². The van der Waals surface area contributed by atoms with E-state index in [1.54, 1.807) is 0 Å². The number of phosphoric acid groups is 1. The van der Waals surface area contributed by atoms with Crippen LogP contribution in [0.4, 0.5) is 0 Å². The van der Waals surface area contributed by atoms with Gasteiger partial charge in [0.05, 0.1) is 14.4 Å². The summed E-state index contributed by atoms with van der Waals surface area (Å²) in [5, 5.41) is 0. The molecule has 75 heavy (non-hydrogen) atoms. The van der Waals surface area contributed by atoms with Gasteiger partial charge in [0, 0.05) is 0 Å². The minimum Gasteiger partial charge on any atom is -0.790 e. The molecular weight excluding hydrogens is 936 g/mol. The standard InChI is InChI=1S/C70H117O4P/c1-57(2)29-16-30-58(3)31-17-32-59(4)33-18-34-60(5)35-19-36-61(6)37-20-38-62(7)39-21-40-63(8)41-22-42-64(9)43-23-44-65(10)45-24-46-66(11)47-25-48-67(12)49-26-50-68(13)51-27-52-69(14)53-28-54-70(15)55-56-74-75(71,72)73/h29,31,33,35,37,39,41,43,45,47,49,51,53,70H,16-28,30,32,34,36,38,40,42,44,46,48,50,52,54-56H2,1-15H3,(H2,71,72,73)/p-2/b58-31+,59-33+,60-35-,61-37-,62-39-,63-41-,64-43-,65-45-,66-47-,67-49-,68-51-,69-53-. The molecule has 0 amide bonds. The highest BCUT2D eigenvalue weighted by Gasteiger charge is 2.04. The van der Waals surface area contributed by atoms with Crippen LogP contribution in [0.1, 0.15) is 277 Å². The molecule has 0 bridgehead atoms. The lowest BCUT2D eigenvalue weighted by Gasteiger charge is -2.29. The zero-order valence-electron chi connectivity index (χ0n) is 51.5. The summed E-state index contributed by atoms with van der Waals surface area (Å²) in [6, 6.07) is 0. The molecule has 0 saturated heterocycles. The summed E-state index contributed by atoms with van der Waals surface area (Å²) in [4.78, 5) is 21.2. The maximum absolute atomic E-state index is 10.6. The van der Waals surface area contributed by atoms with Crippen LogP contribution in [0.5, 0.6) is 0 Å². The Labute approximate surface area is 465 Å². The van der Waals surface area contributed by atoms with Gasteiger partial charge >= 0.3 is 0 Å². The van der Waals surface area contributed by atoms with Gasteiger partial charge in [0.15, 0.2) is 0 Å². The Hall–Kier alpha value is -3.27. The van der Waals surface area contributed by atoms with Crippen LogP contribution < -0.4 is 9.79 Å². The number of hydrogen-bond donors (Lipinski definition) is 0. The van der Waals surface area contributed by atoms with Crippen molar-refractivity contribution in [3.05, 3.63) is 151 Å². The Bertz CT molecular complexity index is 2040. The molecule has 0 saturated carbocycles. The highest BCUT2D eigenvalue weighted by molar-refractivity contribution is 7.43. The van der Waals surface area contributed by atoms with E-state index in [-0.39, 0.29) is 6.61 Å². The summed E-state index contributed by atoms with van der Waals surface area (Å²) in [7, 11) is -4.86. The van der Waals surface area contributed by atoms with Crippen LogP contribution in [-0.2, 0) is 9.09 Å². The number of rotatable bonds is 43. The van der Waals surface area contributed by atoms with Gasteiger partial charge in [-0.2, -0.15) is 0 Å². The van der Waals surface area contributed by atoms with E-state index in [1.165, 1.54) is 98.1 Å². The molecule has 0 N–H and O–H groups in total. The van der Waals surface area contributed by atoms with E-state index in [1.807, 2.05) is 0 Å². The Kier molecular flexibility index (Phi) is 43.7. The van der Waals surface area contributed by atoms with E-state index in [4.69, 9.17) is 0 Å². The molecule has 0 aliphatic heterocycles. The predicted octanol–water partition coefficient (Wildman–Crippen LogP) is 22.3. The fourth-order valence-electron chi connectivity index (χ4n) is 8.95. The van der Waals surface area contributed by atoms with Crippen LogP contribution in [0.3, 0.4) is 0 Å². The van der Waals surface area contributed by atoms with Crippen molar-refractivity contribution in [2.75, 3.05) is 6.61 Å². The predicted molar refractivity (Wildman–Crippen MR) is 332 cm³/mol. The molecule has 0 fully saturated rings. The first-order valence-electron chi connectivity index (χ1n) is 29.7. The highest BCUT2D eigenvalue weighted by atomic mass is 31.2. The molecule has 426 valence electrons. The zero-order valence-corrected chi connectivity index (χ0v) is 52.4. The summed E-state index contributed by atoms with van der Waals surface area (Å²) < 4.78 is 15.0. The molecule has 4 nitrogen and oxygen atoms in total. The lowest BCUT2D eigenvalue weighted by Crippen LogP contribution is -2.17. The van der Waals surface area contributed by atoms with Gasteiger partial charge in [-0.1, -0.05) is 158 Å². The first kappa shape index (κ1) is 71.7. The quantitative estimate of drug-likeness (QED) is 0.0451. The van der Waals surface area contributed by atoms with Crippen molar-refractivity contribution in [3.8, 4) is 0 Å². The lowest BCUT2D eigenvalue weighted by atomic mass is 10.0. The Morgan fingerprint density at radius 3 is 0.653 bits per heavy atom. The maximum Gasteiger partial charge on any atom is 0.0596 e. The summed E-state index contributed by atoms with van der Waals surface area (Å²) in [5.74, 6) is 0.319. The average Bonchev–Trinajstić information content (AvgIpc) is 3.31. The SMILES string of the molecule is CC(C)=CCC/C(C)=C/CC/C(C)=C/CC/C(C)=C\CC/C(C)=C\CC/C(C)=C\CC/C(C)=C\CC/C(C)=C\CC/C(C)=C\CC/C(C)=C\CC/C(C)=C\CC/C(C)=C\CC/C(C)=C\CCC(C)CCOP(=O)([O-])[O-]. The Morgan fingerprint density at radius 1 is 0.307 bits per heavy atom.